The molecule has 106 valence electrons. The minimum atomic E-state index is 0.0740. The number of hydrogen-bond acceptors (Lipinski definition) is 3. The predicted octanol–water partition coefficient (Wildman–Crippen LogP) is 2.80. The van der Waals surface area contributed by atoms with Gasteiger partial charge in [0.15, 0.2) is 0 Å². The fourth-order valence-electron chi connectivity index (χ4n) is 2.98. The summed E-state index contributed by atoms with van der Waals surface area (Å²) in [5, 5.41) is 0. The second kappa shape index (κ2) is 4.60. The number of benzene rings is 2. The first-order chi connectivity index (χ1) is 10.2. The van der Waals surface area contributed by atoms with Crippen LogP contribution in [-0.2, 0) is 6.42 Å². The van der Waals surface area contributed by atoms with Crippen molar-refractivity contribution in [3.8, 4) is 17.1 Å². The summed E-state index contributed by atoms with van der Waals surface area (Å²) in [7, 11) is 0. The third kappa shape index (κ3) is 1.99. The Bertz CT molecular complexity index is 789. The van der Waals surface area contributed by atoms with Crippen molar-refractivity contribution in [1.29, 1.82) is 0 Å². The summed E-state index contributed by atoms with van der Waals surface area (Å²) < 4.78 is 6.01. The number of ether oxygens (including phenoxy) is 1. The molecule has 0 bridgehead atoms. The molecule has 0 saturated carbocycles. The van der Waals surface area contributed by atoms with Crippen LogP contribution < -0.4 is 10.5 Å². The molecule has 0 fully saturated rings. The summed E-state index contributed by atoms with van der Waals surface area (Å²) in [6, 6.07) is 12.3. The highest BCUT2D eigenvalue weighted by Gasteiger charge is 2.26. The number of imidazole rings is 1. The highest BCUT2D eigenvalue weighted by molar-refractivity contribution is 5.81. The van der Waals surface area contributed by atoms with E-state index in [1.54, 1.807) is 0 Å². The maximum absolute atomic E-state index is 6.01. The Hall–Kier alpha value is -2.33. The normalized spacial score (nSPS) is 17.0. The van der Waals surface area contributed by atoms with Crippen molar-refractivity contribution in [2.45, 2.75) is 19.4 Å². The van der Waals surface area contributed by atoms with Crippen LogP contribution in [0.5, 0.6) is 5.75 Å². The Morgan fingerprint density at radius 1 is 1.33 bits per heavy atom. The second-order valence-corrected chi connectivity index (χ2v) is 5.58. The highest BCUT2D eigenvalue weighted by atomic mass is 16.5. The number of aromatic nitrogens is 2. The number of nitrogens with one attached hydrogen (secondary N) is 1. The van der Waals surface area contributed by atoms with Crippen LogP contribution in [-0.4, -0.2) is 22.6 Å². The van der Waals surface area contributed by atoms with Gasteiger partial charge in [-0.25, -0.2) is 4.98 Å². The van der Waals surface area contributed by atoms with E-state index in [1.165, 1.54) is 11.1 Å². The van der Waals surface area contributed by atoms with Gasteiger partial charge in [-0.3, -0.25) is 0 Å². The lowest BCUT2D eigenvalue weighted by Gasteiger charge is -2.10. The zero-order valence-corrected chi connectivity index (χ0v) is 11.9. The van der Waals surface area contributed by atoms with E-state index >= 15 is 0 Å². The van der Waals surface area contributed by atoms with Crippen LogP contribution in [0.25, 0.3) is 22.4 Å². The first-order valence-electron chi connectivity index (χ1n) is 7.20. The van der Waals surface area contributed by atoms with Gasteiger partial charge >= 0.3 is 0 Å². The summed E-state index contributed by atoms with van der Waals surface area (Å²) in [6.07, 6.45) is 0.950. The van der Waals surface area contributed by atoms with Crippen molar-refractivity contribution in [2.75, 3.05) is 6.54 Å². The van der Waals surface area contributed by atoms with Gasteiger partial charge in [-0.15, -0.1) is 0 Å². The molecule has 0 saturated heterocycles. The van der Waals surface area contributed by atoms with Crippen molar-refractivity contribution in [2.24, 2.45) is 5.73 Å². The van der Waals surface area contributed by atoms with Gasteiger partial charge in [-0.1, -0.05) is 18.2 Å². The molecule has 4 heteroatoms. The Balaban J connectivity index is 1.89. The average molecular weight is 279 g/mol. The molecule has 1 atom stereocenters. The monoisotopic (exact) mass is 279 g/mol. The minimum absolute atomic E-state index is 0.0740. The standard InChI is InChI=1S/C17H17N3O/c1-10-6-11-8-12(9-18)21-16(11)13(7-10)17-19-14-4-2-3-5-15(14)20-17/h2-7,12H,8-9,18H2,1H3,(H,19,20). The third-order valence-electron chi connectivity index (χ3n) is 3.95. The number of fused-ring (bicyclic) bond motifs is 2. The van der Waals surface area contributed by atoms with Gasteiger partial charge < -0.3 is 15.5 Å². The molecule has 3 N–H and O–H groups in total. The van der Waals surface area contributed by atoms with E-state index in [2.05, 4.69) is 29.0 Å². The summed E-state index contributed by atoms with van der Waals surface area (Å²) in [5.41, 5.74) is 11.2. The van der Waals surface area contributed by atoms with Crippen LogP contribution in [0.1, 0.15) is 11.1 Å². The van der Waals surface area contributed by atoms with Gasteiger partial charge in [0.2, 0.25) is 0 Å². The lowest BCUT2D eigenvalue weighted by atomic mass is 10.0. The molecule has 3 aromatic rings. The topological polar surface area (TPSA) is 63.9 Å². The van der Waals surface area contributed by atoms with Crippen LogP contribution in [0.15, 0.2) is 36.4 Å². The Labute approximate surface area is 123 Å². The highest BCUT2D eigenvalue weighted by Crippen LogP contribution is 2.39. The Morgan fingerprint density at radius 2 is 2.19 bits per heavy atom. The zero-order chi connectivity index (χ0) is 14.4. The van der Waals surface area contributed by atoms with Crippen molar-refractivity contribution in [1.82, 2.24) is 9.97 Å². The molecular weight excluding hydrogens is 262 g/mol. The van der Waals surface area contributed by atoms with Crippen molar-refractivity contribution < 1.29 is 4.74 Å². The number of nitrogens with zero attached hydrogens (tertiary/aromatic N) is 1. The van der Waals surface area contributed by atoms with Crippen molar-refractivity contribution in [3.05, 3.63) is 47.5 Å². The van der Waals surface area contributed by atoms with Gasteiger partial charge in [0.05, 0.1) is 16.6 Å². The summed E-state index contributed by atoms with van der Waals surface area (Å²) >= 11 is 0. The van der Waals surface area contributed by atoms with E-state index in [0.29, 0.717) is 6.54 Å². The molecule has 1 aromatic heterocycles. The molecule has 21 heavy (non-hydrogen) atoms. The first-order valence-corrected chi connectivity index (χ1v) is 7.20. The second-order valence-electron chi connectivity index (χ2n) is 5.58. The fourth-order valence-corrected chi connectivity index (χ4v) is 2.98. The molecule has 1 aliphatic heterocycles. The zero-order valence-electron chi connectivity index (χ0n) is 11.9. The minimum Gasteiger partial charge on any atom is -0.488 e. The summed E-state index contributed by atoms with van der Waals surface area (Å²) in [4.78, 5) is 8.06. The SMILES string of the molecule is Cc1cc2c(c(-c3nc4ccccc4[nH]3)c1)OC(CN)C2. The van der Waals surface area contributed by atoms with Gasteiger partial charge in [0.1, 0.15) is 17.7 Å². The van der Waals surface area contributed by atoms with E-state index in [-0.39, 0.29) is 6.10 Å². The quantitative estimate of drug-likeness (QED) is 0.758. The van der Waals surface area contributed by atoms with Gasteiger partial charge in [-0.2, -0.15) is 0 Å². The average Bonchev–Trinajstić information content (AvgIpc) is 3.09. The van der Waals surface area contributed by atoms with Gasteiger partial charge in [0, 0.05) is 13.0 Å². The van der Waals surface area contributed by atoms with E-state index in [4.69, 9.17) is 10.5 Å². The number of H-pyrrole nitrogens is 1. The molecule has 0 radical (unpaired) electrons. The van der Waals surface area contributed by atoms with E-state index in [9.17, 15) is 0 Å². The maximum atomic E-state index is 6.01. The van der Waals surface area contributed by atoms with Gasteiger partial charge in [-0.05, 0) is 36.2 Å². The van der Waals surface area contributed by atoms with Crippen LogP contribution in [0.3, 0.4) is 0 Å². The van der Waals surface area contributed by atoms with Gasteiger partial charge in [0.25, 0.3) is 0 Å². The van der Waals surface area contributed by atoms with Crippen LogP contribution >= 0.6 is 0 Å². The van der Waals surface area contributed by atoms with E-state index in [0.717, 1.165) is 34.6 Å². The molecule has 0 aliphatic carbocycles. The number of aromatic amines is 1. The van der Waals surface area contributed by atoms with E-state index in [1.807, 2.05) is 24.3 Å². The lowest BCUT2D eigenvalue weighted by molar-refractivity contribution is 0.242. The molecule has 0 spiro atoms. The molecular formula is C17H17N3O. The third-order valence-corrected chi connectivity index (χ3v) is 3.95. The first kappa shape index (κ1) is 12.4. The predicted molar refractivity (Wildman–Crippen MR) is 83.4 cm³/mol. The Kier molecular flexibility index (Phi) is 2.72. The fraction of sp³-hybridized carbons (Fsp3) is 0.235. The number of para-hydroxylation sites is 2. The Morgan fingerprint density at radius 3 is 3.00 bits per heavy atom. The maximum Gasteiger partial charge on any atom is 0.142 e. The lowest BCUT2D eigenvalue weighted by Crippen LogP contribution is -2.24. The number of rotatable bonds is 2. The van der Waals surface area contributed by atoms with E-state index < -0.39 is 0 Å². The molecule has 1 aliphatic rings. The van der Waals surface area contributed by atoms with Crippen LogP contribution in [0.4, 0.5) is 0 Å². The summed E-state index contributed by atoms with van der Waals surface area (Å²) in [6.45, 7) is 2.63. The molecule has 4 nitrogen and oxygen atoms in total. The number of hydrogen-bond donors (Lipinski definition) is 2. The number of aryl methyl sites for hydroxylation is 1. The summed E-state index contributed by atoms with van der Waals surface area (Å²) in [5.74, 6) is 1.78. The van der Waals surface area contributed by atoms with Crippen molar-refractivity contribution >= 4 is 11.0 Å². The van der Waals surface area contributed by atoms with Crippen LogP contribution in [0.2, 0.25) is 0 Å². The molecule has 2 heterocycles. The molecule has 0 amide bonds. The molecule has 1 unspecified atom stereocenters. The number of nitrogens with two attached hydrogens (primary N) is 1. The molecule has 4 rings (SSSR count). The molecule has 2 aromatic carbocycles. The van der Waals surface area contributed by atoms with Crippen molar-refractivity contribution in [3.63, 3.8) is 0 Å². The largest absolute Gasteiger partial charge is 0.488 e. The van der Waals surface area contributed by atoms with Crippen LogP contribution in [0, 0.1) is 6.92 Å². The smallest absolute Gasteiger partial charge is 0.142 e.